The van der Waals surface area contributed by atoms with Crippen LogP contribution < -0.4 is 5.32 Å². The lowest BCUT2D eigenvalue weighted by Crippen LogP contribution is -2.30. The second-order valence-corrected chi connectivity index (χ2v) is 7.31. The van der Waals surface area contributed by atoms with Gasteiger partial charge < -0.3 is 9.88 Å². The summed E-state index contributed by atoms with van der Waals surface area (Å²) in [5.41, 5.74) is 1.99. The van der Waals surface area contributed by atoms with Crippen molar-refractivity contribution in [3.8, 4) is 0 Å². The number of aryl methyl sites for hydroxylation is 1. The molecule has 0 unspecified atom stereocenters. The molecule has 1 N–H and O–H groups in total. The van der Waals surface area contributed by atoms with Gasteiger partial charge in [-0.1, -0.05) is 18.6 Å². The first-order chi connectivity index (χ1) is 11.2. The van der Waals surface area contributed by atoms with Crippen LogP contribution in [0.3, 0.4) is 0 Å². The maximum atomic E-state index is 12.3. The maximum Gasteiger partial charge on any atom is 0.240 e. The molecule has 4 heteroatoms. The third kappa shape index (κ3) is 2.87. The number of nitrogens with one attached hydrogen (secondary N) is 1. The highest BCUT2D eigenvalue weighted by Crippen LogP contribution is 2.49. The number of rotatable bonds is 5. The fraction of sp³-hybridized carbons (Fsp3) is 0.579. The fourth-order valence-corrected chi connectivity index (χ4v) is 4.72. The second-order valence-electron chi connectivity index (χ2n) is 7.31. The minimum Gasteiger partial charge on any atom is -0.355 e. The van der Waals surface area contributed by atoms with Crippen molar-refractivity contribution in [3.63, 3.8) is 0 Å². The molecule has 23 heavy (non-hydrogen) atoms. The van der Waals surface area contributed by atoms with Gasteiger partial charge in [0.2, 0.25) is 5.91 Å². The van der Waals surface area contributed by atoms with Crippen molar-refractivity contribution in [2.75, 3.05) is 6.54 Å². The standard InChI is InChI=1S/C19H25N3O/c1-13-21-17-4-2-3-5-18(17)22(13)12-19(23)20-9-8-16-11-14-6-7-15(16)10-14/h2-5,14-16H,6-12H2,1H3,(H,20,23)/t14-,15-,16+/m0/s1. The Morgan fingerprint density at radius 1 is 1.30 bits per heavy atom. The van der Waals surface area contributed by atoms with E-state index in [9.17, 15) is 4.79 Å². The van der Waals surface area contributed by atoms with Gasteiger partial charge in [-0.2, -0.15) is 0 Å². The van der Waals surface area contributed by atoms with E-state index in [2.05, 4.69) is 10.3 Å². The highest BCUT2D eigenvalue weighted by atomic mass is 16.1. The summed E-state index contributed by atoms with van der Waals surface area (Å²) < 4.78 is 2.00. The summed E-state index contributed by atoms with van der Waals surface area (Å²) in [7, 11) is 0. The topological polar surface area (TPSA) is 46.9 Å². The molecule has 2 bridgehead atoms. The lowest BCUT2D eigenvalue weighted by Gasteiger charge is -2.21. The predicted octanol–water partition coefficient (Wildman–Crippen LogP) is 3.29. The number of imidazole rings is 1. The van der Waals surface area contributed by atoms with Crippen LogP contribution in [-0.2, 0) is 11.3 Å². The first-order valence-corrected chi connectivity index (χ1v) is 8.89. The number of hydrogen-bond acceptors (Lipinski definition) is 2. The van der Waals surface area contributed by atoms with Crippen LogP contribution in [0.2, 0.25) is 0 Å². The van der Waals surface area contributed by atoms with Gasteiger partial charge in [-0.25, -0.2) is 4.98 Å². The summed E-state index contributed by atoms with van der Waals surface area (Å²) in [6, 6.07) is 7.99. The Kier molecular flexibility index (Phi) is 3.83. The van der Waals surface area contributed by atoms with Gasteiger partial charge in [-0.15, -0.1) is 0 Å². The largest absolute Gasteiger partial charge is 0.355 e. The van der Waals surface area contributed by atoms with Crippen molar-refractivity contribution in [2.45, 2.75) is 45.6 Å². The Bertz CT molecular complexity index is 720. The van der Waals surface area contributed by atoms with Crippen LogP contribution in [0, 0.1) is 24.7 Å². The number of aromatic nitrogens is 2. The van der Waals surface area contributed by atoms with Gasteiger partial charge in [-0.3, -0.25) is 4.79 Å². The van der Waals surface area contributed by atoms with Gasteiger partial charge in [0, 0.05) is 6.54 Å². The first kappa shape index (κ1) is 14.7. The third-order valence-corrected chi connectivity index (χ3v) is 5.87. The van der Waals surface area contributed by atoms with E-state index in [1.165, 1.54) is 25.7 Å². The van der Waals surface area contributed by atoms with Gasteiger partial charge in [0.05, 0.1) is 11.0 Å². The summed E-state index contributed by atoms with van der Waals surface area (Å²) in [6.45, 7) is 3.14. The quantitative estimate of drug-likeness (QED) is 0.921. The lowest BCUT2D eigenvalue weighted by atomic mass is 9.86. The zero-order valence-corrected chi connectivity index (χ0v) is 13.8. The fourth-order valence-electron chi connectivity index (χ4n) is 4.72. The SMILES string of the molecule is Cc1nc2ccccc2n1CC(=O)NCC[C@@H]1C[C@H]2CC[C@H]1C2. The highest BCUT2D eigenvalue weighted by molar-refractivity contribution is 5.81. The van der Waals surface area contributed by atoms with Gasteiger partial charge in [0.1, 0.15) is 12.4 Å². The molecule has 4 rings (SSSR count). The third-order valence-electron chi connectivity index (χ3n) is 5.87. The molecule has 2 aliphatic rings. The summed E-state index contributed by atoms with van der Waals surface area (Å²) in [4.78, 5) is 16.8. The smallest absolute Gasteiger partial charge is 0.240 e. The van der Waals surface area contributed by atoms with Crippen molar-refractivity contribution in [3.05, 3.63) is 30.1 Å². The van der Waals surface area contributed by atoms with Crippen molar-refractivity contribution in [2.24, 2.45) is 17.8 Å². The summed E-state index contributed by atoms with van der Waals surface area (Å²) in [5, 5.41) is 3.11. The molecular formula is C19H25N3O. The minimum atomic E-state index is 0.0967. The summed E-state index contributed by atoms with van der Waals surface area (Å²) in [6.07, 6.45) is 6.85. The Balaban J connectivity index is 1.32. The number of fused-ring (bicyclic) bond motifs is 3. The average molecular weight is 311 g/mol. The Morgan fingerprint density at radius 2 is 2.17 bits per heavy atom. The molecular weight excluding hydrogens is 286 g/mol. The molecule has 0 radical (unpaired) electrons. The molecule has 1 aromatic carbocycles. The van der Waals surface area contributed by atoms with Crippen LogP contribution >= 0.6 is 0 Å². The van der Waals surface area contributed by atoms with Crippen molar-refractivity contribution < 1.29 is 4.79 Å². The van der Waals surface area contributed by atoms with Crippen LogP contribution in [0.25, 0.3) is 11.0 Å². The molecule has 4 nitrogen and oxygen atoms in total. The average Bonchev–Trinajstić information content (AvgIpc) is 3.23. The molecule has 0 aliphatic heterocycles. The first-order valence-electron chi connectivity index (χ1n) is 8.89. The van der Waals surface area contributed by atoms with E-state index in [0.717, 1.165) is 47.6 Å². The van der Waals surface area contributed by atoms with Crippen LogP contribution in [0.15, 0.2) is 24.3 Å². The molecule has 2 saturated carbocycles. The van der Waals surface area contributed by atoms with E-state index in [0.29, 0.717) is 6.54 Å². The van der Waals surface area contributed by atoms with Crippen molar-refractivity contribution in [1.82, 2.24) is 14.9 Å². The maximum absolute atomic E-state index is 12.3. The number of amides is 1. The van der Waals surface area contributed by atoms with Crippen LogP contribution in [-0.4, -0.2) is 22.0 Å². The van der Waals surface area contributed by atoms with E-state index >= 15 is 0 Å². The molecule has 1 heterocycles. The highest BCUT2D eigenvalue weighted by Gasteiger charge is 2.38. The normalized spacial score (nSPS) is 26.0. The van der Waals surface area contributed by atoms with Gasteiger partial charge >= 0.3 is 0 Å². The van der Waals surface area contributed by atoms with Crippen LogP contribution in [0.4, 0.5) is 0 Å². The molecule has 1 aromatic heterocycles. The van der Waals surface area contributed by atoms with E-state index in [4.69, 9.17) is 0 Å². The molecule has 122 valence electrons. The lowest BCUT2D eigenvalue weighted by molar-refractivity contribution is -0.121. The molecule has 0 saturated heterocycles. The van der Waals surface area contributed by atoms with Gasteiger partial charge in [-0.05, 0) is 62.5 Å². The van der Waals surface area contributed by atoms with E-state index in [1.807, 2.05) is 35.8 Å². The molecule has 2 fully saturated rings. The van der Waals surface area contributed by atoms with Gasteiger partial charge in [0.25, 0.3) is 0 Å². The zero-order chi connectivity index (χ0) is 15.8. The Hall–Kier alpha value is -1.84. The van der Waals surface area contributed by atoms with Crippen molar-refractivity contribution >= 4 is 16.9 Å². The summed E-state index contributed by atoms with van der Waals surface area (Å²) >= 11 is 0. The Morgan fingerprint density at radius 3 is 2.96 bits per heavy atom. The number of carbonyl (C=O) groups excluding carboxylic acids is 1. The monoisotopic (exact) mass is 311 g/mol. The number of carbonyl (C=O) groups is 1. The molecule has 1 amide bonds. The molecule has 3 atom stereocenters. The van der Waals surface area contributed by atoms with Gasteiger partial charge in [0.15, 0.2) is 0 Å². The van der Waals surface area contributed by atoms with Crippen molar-refractivity contribution in [1.29, 1.82) is 0 Å². The van der Waals surface area contributed by atoms with Crippen LogP contribution in [0.1, 0.15) is 37.9 Å². The zero-order valence-electron chi connectivity index (χ0n) is 13.8. The minimum absolute atomic E-state index is 0.0967. The molecule has 0 spiro atoms. The Labute approximate surface area is 137 Å². The number of benzene rings is 1. The second kappa shape index (κ2) is 5.99. The van der Waals surface area contributed by atoms with E-state index < -0.39 is 0 Å². The summed E-state index contributed by atoms with van der Waals surface area (Å²) in [5.74, 6) is 3.77. The number of nitrogens with zero attached hydrogens (tertiary/aromatic N) is 2. The molecule has 2 aromatic rings. The number of para-hydroxylation sites is 2. The predicted molar refractivity (Wildman–Crippen MR) is 91.0 cm³/mol. The number of hydrogen-bond donors (Lipinski definition) is 1. The van der Waals surface area contributed by atoms with Crippen LogP contribution in [0.5, 0.6) is 0 Å². The molecule has 2 aliphatic carbocycles. The van der Waals surface area contributed by atoms with E-state index in [1.54, 1.807) is 0 Å². The van der Waals surface area contributed by atoms with E-state index in [-0.39, 0.29) is 5.91 Å².